The van der Waals surface area contributed by atoms with Crippen LogP contribution in [0.15, 0.2) is 84.9 Å². The van der Waals surface area contributed by atoms with E-state index in [0.717, 1.165) is 3.57 Å². The molecular weight excluding hydrogens is 541 g/mol. The highest BCUT2D eigenvalue weighted by Gasteiger charge is 2.41. The van der Waals surface area contributed by atoms with Gasteiger partial charge < -0.3 is 19.9 Å². The smallest absolute Gasteiger partial charge is 0.349 e. The number of carboxylic acids is 1. The van der Waals surface area contributed by atoms with E-state index in [0.29, 0.717) is 5.69 Å². The molecule has 9 heteroatoms. The van der Waals surface area contributed by atoms with Crippen LogP contribution in [0.4, 0.5) is 5.69 Å². The first kappa shape index (κ1) is 23.9. The van der Waals surface area contributed by atoms with E-state index in [1.807, 2.05) is 0 Å². The van der Waals surface area contributed by atoms with Crippen LogP contribution in [-0.2, 0) is 19.1 Å². The van der Waals surface area contributed by atoms with Gasteiger partial charge in [-0.05, 0) is 71.1 Å². The molecule has 1 amide bonds. The van der Waals surface area contributed by atoms with Gasteiger partial charge in [-0.3, -0.25) is 4.79 Å². The second-order valence-corrected chi connectivity index (χ2v) is 7.96. The monoisotopic (exact) mass is 559 g/mol. The van der Waals surface area contributed by atoms with Gasteiger partial charge in [-0.25, -0.2) is 14.4 Å². The first-order valence-corrected chi connectivity index (χ1v) is 10.7. The average molecular weight is 559 g/mol. The fourth-order valence-corrected chi connectivity index (χ4v) is 3.12. The predicted octanol–water partition coefficient (Wildman–Crippen LogP) is 3.77. The Balaban J connectivity index is 1.89. The number of nitrogens with one attached hydrogen (secondary N) is 1. The van der Waals surface area contributed by atoms with Crippen molar-refractivity contribution in [3.05, 3.63) is 99.6 Å². The van der Waals surface area contributed by atoms with Crippen LogP contribution in [0.5, 0.6) is 0 Å². The number of amides is 1. The molecule has 0 bridgehead atoms. The van der Waals surface area contributed by atoms with Gasteiger partial charge in [-0.15, -0.1) is 0 Å². The van der Waals surface area contributed by atoms with Crippen molar-refractivity contribution in [2.24, 2.45) is 0 Å². The van der Waals surface area contributed by atoms with Crippen molar-refractivity contribution in [1.29, 1.82) is 0 Å². The third-order valence-corrected chi connectivity index (χ3v) is 5.09. The Bertz CT molecular complexity index is 1130. The molecule has 0 saturated carbocycles. The van der Waals surface area contributed by atoms with Crippen LogP contribution < -0.4 is 5.32 Å². The van der Waals surface area contributed by atoms with E-state index in [4.69, 9.17) is 9.47 Å². The molecule has 0 aliphatic heterocycles. The highest BCUT2D eigenvalue weighted by molar-refractivity contribution is 14.1. The van der Waals surface area contributed by atoms with E-state index in [1.54, 1.807) is 60.7 Å². The van der Waals surface area contributed by atoms with E-state index in [-0.39, 0.29) is 11.1 Å². The lowest BCUT2D eigenvalue weighted by Gasteiger charge is -2.23. The quantitative estimate of drug-likeness (QED) is 0.319. The van der Waals surface area contributed by atoms with Crippen molar-refractivity contribution in [3.8, 4) is 0 Å². The van der Waals surface area contributed by atoms with Gasteiger partial charge in [0.1, 0.15) is 0 Å². The standard InChI is InChI=1S/C24H18INO7/c25-17-11-13-18(14-12-17)26-21(27)19(32-23(30)15-7-3-1-4-8-15)20(22(28)29)33-24(31)16-9-5-2-6-10-16/h1-14,19-20H,(H,26,27)(H,28,29)/t19-,20-/m0/s1. The summed E-state index contributed by atoms with van der Waals surface area (Å²) in [7, 11) is 0. The number of esters is 2. The molecule has 0 spiro atoms. The summed E-state index contributed by atoms with van der Waals surface area (Å²) in [5.41, 5.74) is 0.526. The van der Waals surface area contributed by atoms with Crippen molar-refractivity contribution in [2.75, 3.05) is 5.32 Å². The molecule has 33 heavy (non-hydrogen) atoms. The zero-order valence-electron chi connectivity index (χ0n) is 17.0. The van der Waals surface area contributed by atoms with Gasteiger partial charge in [0.2, 0.25) is 12.2 Å². The number of hydrogen-bond acceptors (Lipinski definition) is 6. The van der Waals surface area contributed by atoms with Crippen LogP contribution in [0, 0.1) is 3.57 Å². The molecule has 0 unspecified atom stereocenters. The number of carbonyl (C=O) groups excluding carboxylic acids is 3. The zero-order chi connectivity index (χ0) is 23.8. The summed E-state index contributed by atoms with van der Waals surface area (Å²) in [6.45, 7) is 0. The molecule has 0 radical (unpaired) electrons. The molecule has 2 N–H and O–H groups in total. The van der Waals surface area contributed by atoms with E-state index >= 15 is 0 Å². The number of carbonyl (C=O) groups is 4. The number of carboxylic acid groups (broad SMARTS) is 1. The topological polar surface area (TPSA) is 119 Å². The minimum Gasteiger partial charge on any atom is -0.478 e. The van der Waals surface area contributed by atoms with Crippen LogP contribution in [0.3, 0.4) is 0 Å². The third-order valence-electron chi connectivity index (χ3n) is 4.38. The lowest BCUT2D eigenvalue weighted by atomic mass is 10.1. The van der Waals surface area contributed by atoms with Crippen molar-refractivity contribution in [1.82, 2.24) is 0 Å². The molecule has 3 aromatic carbocycles. The Morgan fingerprint density at radius 1 is 0.697 bits per heavy atom. The first-order chi connectivity index (χ1) is 15.8. The fraction of sp³-hybridized carbons (Fsp3) is 0.0833. The minimum absolute atomic E-state index is 0.0786. The second-order valence-electron chi connectivity index (χ2n) is 6.72. The number of aliphatic carboxylic acids is 1. The number of hydrogen-bond donors (Lipinski definition) is 2. The Morgan fingerprint density at radius 3 is 1.61 bits per heavy atom. The average Bonchev–Trinajstić information content (AvgIpc) is 2.83. The third kappa shape index (κ3) is 6.62. The highest BCUT2D eigenvalue weighted by Crippen LogP contribution is 2.17. The van der Waals surface area contributed by atoms with Gasteiger partial charge in [-0.2, -0.15) is 0 Å². The summed E-state index contributed by atoms with van der Waals surface area (Å²) >= 11 is 2.09. The van der Waals surface area contributed by atoms with Crippen LogP contribution in [0.2, 0.25) is 0 Å². The van der Waals surface area contributed by atoms with Crippen molar-refractivity contribution >= 4 is 52.1 Å². The van der Waals surface area contributed by atoms with Crippen molar-refractivity contribution in [3.63, 3.8) is 0 Å². The zero-order valence-corrected chi connectivity index (χ0v) is 19.2. The molecule has 2 atom stereocenters. The maximum absolute atomic E-state index is 13.0. The molecule has 0 saturated heterocycles. The molecule has 0 fully saturated rings. The van der Waals surface area contributed by atoms with Gasteiger partial charge in [0.15, 0.2) is 0 Å². The molecule has 0 aliphatic rings. The van der Waals surface area contributed by atoms with E-state index in [9.17, 15) is 24.3 Å². The Labute approximate surface area is 202 Å². The Kier molecular flexibility index (Phi) is 8.14. The fourth-order valence-electron chi connectivity index (χ4n) is 2.76. The molecule has 0 aliphatic carbocycles. The molecule has 3 aromatic rings. The van der Waals surface area contributed by atoms with Crippen LogP contribution in [0.25, 0.3) is 0 Å². The summed E-state index contributed by atoms with van der Waals surface area (Å²) < 4.78 is 11.3. The van der Waals surface area contributed by atoms with Gasteiger partial charge in [-0.1, -0.05) is 36.4 Å². The van der Waals surface area contributed by atoms with Crippen LogP contribution in [-0.4, -0.2) is 41.1 Å². The van der Waals surface area contributed by atoms with Gasteiger partial charge in [0.05, 0.1) is 11.1 Å². The minimum atomic E-state index is -2.09. The number of rotatable bonds is 8. The van der Waals surface area contributed by atoms with E-state index in [1.165, 1.54) is 24.3 Å². The summed E-state index contributed by atoms with van der Waals surface area (Å²) in [4.78, 5) is 50.0. The summed E-state index contributed by atoms with van der Waals surface area (Å²) in [6.07, 6.45) is -4.05. The van der Waals surface area contributed by atoms with Crippen molar-refractivity contribution < 1.29 is 33.8 Å². The molecule has 0 aromatic heterocycles. The number of benzene rings is 3. The van der Waals surface area contributed by atoms with Gasteiger partial charge in [0, 0.05) is 9.26 Å². The summed E-state index contributed by atoms with van der Waals surface area (Å²) in [5.74, 6) is -4.54. The molecule has 0 heterocycles. The Morgan fingerprint density at radius 2 is 1.15 bits per heavy atom. The first-order valence-electron chi connectivity index (χ1n) is 9.66. The number of ether oxygens (including phenoxy) is 2. The molecule has 3 rings (SSSR count). The van der Waals surface area contributed by atoms with Gasteiger partial charge >= 0.3 is 17.9 Å². The highest BCUT2D eigenvalue weighted by atomic mass is 127. The summed E-state index contributed by atoms with van der Waals surface area (Å²) in [6, 6.07) is 22.1. The molecule has 8 nitrogen and oxygen atoms in total. The van der Waals surface area contributed by atoms with E-state index < -0.39 is 36.0 Å². The van der Waals surface area contributed by atoms with Crippen LogP contribution >= 0.6 is 22.6 Å². The lowest BCUT2D eigenvalue weighted by Crippen LogP contribution is -2.48. The predicted molar refractivity (Wildman–Crippen MR) is 127 cm³/mol. The maximum atomic E-state index is 13.0. The maximum Gasteiger partial charge on any atom is 0.349 e. The summed E-state index contributed by atoms with van der Waals surface area (Å²) in [5, 5.41) is 12.2. The largest absolute Gasteiger partial charge is 0.478 e. The number of anilines is 1. The second kappa shape index (κ2) is 11.2. The van der Waals surface area contributed by atoms with Crippen molar-refractivity contribution in [2.45, 2.75) is 12.2 Å². The lowest BCUT2D eigenvalue weighted by molar-refractivity contribution is -0.157. The SMILES string of the molecule is O=C(O[C@H](C(=O)O)[C@H](OC(=O)c1ccccc1)C(=O)Nc1ccc(I)cc1)c1ccccc1. The Hall–Kier alpha value is -3.73. The molecule has 168 valence electrons. The normalized spacial score (nSPS) is 12.2. The van der Waals surface area contributed by atoms with E-state index in [2.05, 4.69) is 27.9 Å². The molecular formula is C24H18INO7. The van der Waals surface area contributed by atoms with Gasteiger partial charge in [0.25, 0.3) is 5.91 Å². The number of halogens is 1. The van der Waals surface area contributed by atoms with Crippen LogP contribution in [0.1, 0.15) is 20.7 Å².